The van der Waals surface area contributed by atoms with Gasteiger partial charge in [-0.05, 0) is 31.5 Å². The van der Waals surface area contributed by atoms with Crippen LogP contribution in [-0.2, 0) is 17.8 Å². The van der Waals surface area contributed by atoms with E-state index in [-0.39, 0.29) is 18.8 Å². The van der Waals surface area contributed by atoms with Gasteiger partial charge in [0.25, 0.3) is 5.56 Å². The third-order valence-corrected chi connectivity index (χ3v) is 5.49. The molecule has 8 heteroatoms. The van der Waals surface area contributed by atoms with Gasteiger partial charge in [-0.15, -0.1) is 17.8 Å². The smallest absolute Gasteiger partial charge is 0.259 e. The number of aromatic nitrogens is 2. The molecule has 0 aliphatic carbocycles. The number of aliphatic hydroxyl groups excluding tert-OH is 1. The lowest BCUT2D eigenvalue weighted by Gasteiger charge is -2.23. The highest BCUT2D eigenvalue weighted by Gasteiger charge is 2.17. The summed E-state index contributed by atoms with van der Waals surface area (Å²) in [6.07, 6.45) is 6.03. The van der Waals surface area contributed by atoms with Gasteiger partial charge in [-0.2, -0.15) is 0 Å². The molecule has 1 unspecified atom stereocenters. The molecule has 3 aromatic rings. The Bertz CT molecular complexity index is 1020. The minimum atomic E-state index is -0.731. The highest BCUT2D eigenvalue weighted by Crippen LogP contribution is 2.25. The predicted octanol–water partition coefficient (Wildman–Crippen LogP) is 2.21. The quantitative estimate of drug-likeness (QED) is 0.422. The fraction of sp³-hybridized carbons (Fsp3) is 0.400. The van der Waals surface area contributed by atoms with Gasteiger partial charge in [-0.3, -0.25) is 9.69 Å². The summed E-state index contributed by atoms with van der Waals surface area (Å²) in [6.45, 7) is 5.33. The Balaban J connectivity index is 1.79. The molecule has 0 saturated carbocycles. The summed E-state index contributed by atoms with van der Waals surface area (Å²) in [7, 11) is 0. The van der Waals surface area contributed by atoms with Crippen molar-refractivity contribution in [1.82, 2.24) is 14.9 Å². The molecule has 0 saturated heterocycles. The second kappa shape index (κ2) is 9.17. The van der Waals surface area contributed by atoms with Crippen molar-refractivity contribution in [2.24, 2.45) is 0 Å². The molecule has 0 bridgehead atoms. The number of rotatable bonds is 9. The Kier molecular flexibility index (Phi) is 6.65. The normalized spacial score (nSPS) is 12.5. The second-order valence-corrected chi connectivity index (χ2v) is 7.80. The number of aryl methyl sites for hydroxylation is 2. The van der Waals surface area contributed by atoms with E-state index in [1.165, 1.54) is 11.3 Å². The predicted molar refractivity (Wildman–Crippen MR) is 108 cm³/mol. The van der Waals surface area contributed by atoms with E-state index in [1.807, 2.05) is 30.9 Å². The van der Waals surface area contributed by atoms with Crippen LogP contribution in [0, 0.1) is 26.2 Å². The molecule has 0 aromatic carbocycles. The van der Waals surface area contributed by atoms with Crippen molar-refractivity contribution in [3.8, 4) is 12.3 Å². The molecule has 0 fully saturated rings. The minimum Gasteiger partial charge on any atom is -0.468 e. The molecule has 148 valence electrons. The zero-order chi connectivity index (χ0) is 20.1. The third kappa shape index (κ3) is 4.88. The van der Waals surface area contributed by atoms with Crippen molar-refractivity contribution in [2.45, 2.75) is 33.0 Å². The van der Waals surface area contributed by atoms with E-state index in [0.29, 0.717) is 30.8 Å². The van der Waals surface area contributed by atoms with E-state index in [9.17, 15) is 9.90 Å². The monoisotopic (exact) mass is 401 g/mol. The molecule has 2 N–H and O–H groups in total. The van der Waals surface area contributed by atoms with Crippen molar-refractivity contribution >= 4 is 21.6 Å². The van der Waals surface area contributed by atoms with Crippen molar-refractivity contribution in [3.05, 3.63) is 50.8 Å². The lowest BCUT2D eigenvalue weighted by atomic mass is 10.2. The Labute approximate surface area is 167 Å². The Morgan fingerprint density at radius 3 is 3.00 bits per heavy atom. The number of aliphatic hydroxyl groups is 1. The molecular weight excluding hydrogens is 378 g/mol. The van der Waals surface area contributed by atoms with E-state index in [4.69, 9.17) is 15.6 Å². The van der Waals surface area contributed by atoms with Gasteiger partial charge in [0.15, 0.2) is 0 Å². The SMILES string of the molecule is C#CCOCC(O)CN(Cc1nc2sc(C)c(C)c2c(=O)[nH]1)Cc1ccco1. The van der Waals surface area contributed by atoms with Crippen molar-refractivity contribution in [1.29, 1.82) is 0 Å². The molecular formula is C20H23N3O4S. The average molecular weight is 401 g/mol. The maximum Gasteiger partial charge on any atom is 0.259 e. The van der Waals surface area contributed by atoms with Crippen LogP contribution in [0.4, 0.5) is 0 Å². The number of fused-ring (bicyclic) bond motifs is 1. The van der Waals surface area contributed by atoms with E-state index in [0.717, 1.165) is 21.0 Å². The van der Waals surface area contributed by atoms with Crippen LogP contribution in [0.15, 0.2) is 27.6 Å². The summed E-state index contributed by atoms with van der Waals surface area (Å²) in [5.74, 6) is 3.67. The maximum atomic E-state index is 12.5. The number of terminal acetylenes is 1. The van der Waals surface area contributed by atoms with Gasteiger partial charge in [-0.25, -0.2) is 4.98 Å². The van der Waals surface area contributed by atoms with Gasteiger partial charge in [-0.1, -0.05) is 5.92 Å². The van der Waals surface area contributed by atoms with Crippen LogP contribution < -0.4 is 5.56 Å². The first-order valence-electron chi connectivity index (χ1n) is 8.90. The van der Waals surface area contributed by atoms with Crippen molar-refractivity contribution < 1.29 is 14.3 Å². The number of thiophene rings is 1. The first-order valence-corrected chi connectivity index (χ1v) is 9.72. The maximum absolute atomic E-state index is 12.5. The number of aromatic amines is 1. The van der Waals surface area contributed by atoms with Crippen LogP contribution in [0.2, 0.25) is 0 Å². The van der Waals surface area contributed by atoms with Gasteiger partial charge < -0.3 is 19.2 Å². The Morgan fingerprint density at radius 2 is 2.29 bits per heavy atom. The number of furan rings is 1. The van der Waals surface area contributed by atoms with E-state index < -0.39 is 6.10 Å². The summed E-state index contributed by atoms with van der Waals surface area (Å²) in [5.41, 5.74) is 0.825. The Hall–Kier alpha value is -2.44. The van der Waals surface area contributed by atoms with Gasteiger partial charge in [0.1, 0.15) is 23.0 Å². The molecule has 0 aliphatic heterocycles. The van der Waals surface area contributed by atoms with Crippen LogP contribution in [0.1, 0.15) is 22.0 Å². The third-order valence-electron chi connectivity index (χ3n) is 4.39. The fourth-order valence-corrected chi connectivity index (χ4v) is 4.05. The first-order chi connectivity index (χ1) is 13.5. The fourth-order valence-electron chi connectivity index (χ4n) is 3.00. The van der Waals surface area contributed by atoms with Crippen LogP contribution in [0.3, 0.4) is 0 Å². The summed E-state index contributed by atoms with van der Waals surface area (Å²) in [4.78, 5) is 23.8. The molecule has 28 heavy (non-hydrogen) atoms. The van der Waals surface area contributed by atoms with Crippen molar-refractivity contribution in [3.63, 3.8) is 0 Å². The molecule has 0 spiro atoms. The standard InChI is InChI=1S/C20H23N3O4S/c1-4-7-26-12-15(24)9-23(10-16-6-5-8-27-16)11-17-21-19(25)18-13(2)14(3)28-20(18)22-17/h1,5-6,8,15,24H,7,9-12H2,2-3H3,(H,21,22,25). The zero-order valence-corrected chi connectivity index (χ0v) is 16.7. The summed E-state index contributed by atoms with van der Waals surface area (Å²) in [5, 5.41) is 10.9. The topological polar surface area (TPSA) is 91.6 Å². The van der Waals surface area contributed by atoms with Crippen LogP contribution in [0.5, 0.6) is 0 Å². The Morgan fingerprint density at radius 1 is 1.46 bits per heavy atom. The lowest BCUT2D eigenvalue weighted by Crippen LogP contribution is -2.35. The second-order valence-electron chi connectivity index (χ2n) is 6.60. The number of hydrogen-bond donors (Lipinski definition) is 2. The van der Waals surface area contributed by atoms with Gasteiger partial charge in [0, 0.05) is 11.4 Å². The molecule has 3 aromatic heterocycles. The average Bonchev–Trinajstić information content (AvgIpc) is 3.23. The van der Waals surface area contributed by atoms with Gasteiger partial charge in [0.05, 0.1) is 37.4 Å². The zero-order valence-electron chi connectivity index (χ0n) is 15.9. The highest BCUT2D eigenvalue weighted by molar-refractivity contribution is 7.18. The number of nitrogens with one attached hydrogen (secondary N) is 1. The summed E-state index contributed by atoms with van der Waals surface area (Å²) in [6, 6.07) is 3.67. The number of ether oxygens (including phenoxy) is 1. The number of H-pyrrole nitrogens is 1. The first kappa shape index (κ1) is 20.3. The molecule has 0 aliphatic rings. The molecule has 0 radical (unpaired) electrons. The molecule has 3 heterocycles. The highest BCUT2D eigenvalue weighted by atomic mass is 32.1. The van der Waals surface area contributed by atoms with Crippen LogP contribution in [0.25, 0.3) is 10.2 Å². The van der Waals surface area contributed by atoms with Gasteiger partial charge in [0.2, 0.25) is 0 Å². The molecule has 7 nitrogen and oxygen atoms in total. The largest absolute Gasteiger partial charge is 0.468 e. The van der Waals surface area contributed by atoms with E-state index >= 15 is 0 Å². The number of nitrogens with zero attached hydrogens (tertiary/aromatic N) is 2. The molecule has 1 atom stereocenters. The van der Waals surface area contributed by atoms with Gasteiger partial charge >= 0.3 is 0 Å². The lowest BCUT2D eigenvalue weighted by molar-refractivity contribution is 0.0225. The number of hydrogen-bond acceptors (Lipinski definition) is 7. The van der Waals surface area contributed by atoms with E-state index in [2.05, 4.69) is 15.9 Å². The summed E-state index contributed by atoms with van der Waals surface area (Å²) >= 11 is 1.51. The summed E-state index contributed by atoms with van der Waals surface area (Å²) < 4.78 is 10.6. The van der Waals surface area contributed by atoms with Crippen LogP contribution >= 0.6 is 11.3 Å². The van der Waals surface area contributed by atoms with Crippen LogP contribution in [-0.4, -0.2) is 45.8 Å². The minimum absolute atomic E-state index is 0.130. The molecule has 3 rings (SSSR count). The van der Waals surface area contributed by atoms with E-state index in [1.54, 1.807) is 6.26 Å². The van der Waals surface area contributed by atoms with Crippen molar-refractivity contribution in [2.75, 3.05) is 19.8 Å². The molecule has 0 amide bonds.